The maximum Gasteiger partial charge on any atom is 0.0667 e. The molecule has 90 valence electrons. The minimum atomic E-state index is 0.337. The van der Waals surface area contributed by atoms with E-state index in [1.807, 2.05) is 0 Å². The zero-order valence-electron chi connectivity index (χ0n) is 10.2. The molecule has 3 nitrogen and oxygen atoms in total. The molecule has 1 heterocycles. The fourth-order valence-electron chi connectivity index (χ4n) is 2.07. The number of hydrogen-bond acceptors (Lipinski definition) is 3. The van der Waals surface area contributed by atoms with Crippen LogP contribution in [0.3, 0.4) is 0 Å². The molecule has 0 aromatic heterocycles. The van der Waals surface area contributed by atoms with Crippen LogP contribution in [-0.4, -0.2) is 39.4 Å². The Morgan fingerprint density at radius 3 is 2.80 bits per heavy atom. The first kappa shape index (κ1) is 12.9. The van der Waals surface area contributed by atoms with Gasteiger partial charge < -0.3 is 15.4 Å². The van der Waals surface area contributed by atoms with Crippen LogP contribution in [0.25, 0.3) is 0 Å². The third-order valence-corrected chi connectivity index (χ3v) is 3.26. The molecule has 2 N–H and O–H groups in total. The number of hydrogen-bond donors (Lipinski definition) is 2. The Labute approximate surface area is 94.0 Å². The van der Waals surface area contributed by atoms with Crippen LogP contribution >= 0.6 is 0 Å². The zero-order valence-corrected chi connectivity index (χ0v) is 10.2. The van der Waals surface area contributed by atoms with Crippen molar-refractivity contribution in [3.8, 4) is 0 Å². The molecule has 0 aromatic rings. The van der Waals surface area contributed by atoms with Crippen LogP contribution in [0.15, 0.2) is 0 Å². The summed E-state index contributed by atoms with van der Waals surface area (Å²) in [7, 11) is 1.77. The van der Waals surface area contributed by atoms with Crippen LogP contribution in [-0.2, 0) is 4.74 Å². The van der Waals surface area contributed by atoms with Crippen LogP contribution in [0.5, 0.6) is 0 Å². The normalized spacial score (nSPS) is 20.4. The van der Waals surface area contributed by atoms with Gasteiger partial charge in [-0.3, -0.25) is 0 Å². The zero-order chi connectivity index (χ0) is 10.9. The summed E-state index contributed by atoms with van der Waals surface area (Å²) in [6, 6.07) is 0. The molecule has 1 aliphatic heterocycles. The van der Waals surface area contributed by atoms with Crippen LogP contribution < -0.4 is 10.6 Å². The first-order valence-corrected chi connectivity index (χ1v) is 6.27. The van der Waals surface area contributed by atoms with E-state index in [0.29, 0.717) is 6.10 Å². The summed E-state index contributed by atoms with van der Waals surface area (Å²) in [6.07, 6.45) is 5.77. The lowest BCUT2D eigenvalue weighted by atomic mass is 9.93. The molecule has 0 radical (unpaired) electrons. The van der Waals surface area contributed by atoms with E-state index in [0.717, 1.165) is 19.0 Å². The molecule has 15 heavy (non-hydrogen) atoms. The number of ether oxygens (including phenoxy) is 1. The van der Waals surface area contributed by atoms with Crippen LogP contribution in [0, 0.1) is 5.92 Å². The third kappa shape index (κ3) is 6.13. The summed E-state index contributed by atoms with van der Waals surface area (Å²) in [5, 5.41) is 6.84. The fraction of sp³-hybridized carbons (Fsp3) is 1.00. The predicted octanol–water partition coefficient (Wildman–Crippen LogP) is 1.39. The molecule has 1 rings (SSSR count). The quantitative estimate of drug-likeness (QED) is 0.628. The highest BCUT2D eigenvalue weighted by Gasteiger charge is 2.11. The van der Waals surface area contributed by atoms with E-state index in [4.69, 9.17) is 4.74 Å². The van der Waals surface area contributed by atoms with E-state index in [9.17, 15) is 0 Å². The summed E-state index contributed by atoms with van der Waals surface area (Å²) in [5.74, 6) is 0.966. The highest BCUT2D eigenvalue weighted by molar-refractivity contribution is 4.68. The fourth-order valence-corrected chi connectivity index (χ4v) is 2.07. The monoisotopic (exact) mass is 214 g/mol. The van der Waals surface area contributed by atoms with E-state index in [1.165, 1.54) is 38.8 Å². The molecule has 1 saturated heterocycles. The van der Waals surface area contributed by atoms with Crippen molar-refractivity contribution in [1.82, 2.24) is 10.6 Å². The van der Waals surface area contributed by atoms with Crippen molar-refractivity contribution in [2.24, 2.45) is 5.92 Å². The Kier molecular flexibility index (Phi) is 6.98. The minimum Gasteiger partial charge on any atom is -0.380 e. The van der Waals surface area contributed by atoms with E-state index in [2.05, 4.69) is 17.6 Å². The van der Waals surface area contributed by atoms with Crippen LogP contribution in [0.2, 0.25) is 0 Å². The Morgan fingerprint density at radius 2 is 2.13 bits per heavy atom. The largest absolute Gasteiger partial charge is 0.380 e. The molecular weight excluding hydrogens is 188 g/mol. The van der Waals surface area contributed by atoms with Crippen molar-refractivity contribution in [1.29, 1.82) is 0 Å². The van der Waals surface area contributed by atoms with Gasteiger partial charge in [0.15, 0.2) is 0 Å². The second-order valence-electron chi connectivity index (χ2n) is 4.59. The molecule has 0 aromatic carbocycles. The van der Waals surface area contributed by atoms with Gasteiger partial charge in [-0.1, -0.05) is 0 Å². The molecular formula is C12H26N2O. The average Bonchev–Trinajstić information content (AvgIpc) is 2.29. The Balaban J connectivity index is 1.87. The molecule has 1 aliphatic rings. The maximum atomic E-state index is 5.18. The Hall–Kier alpha value is -0.120. The van der Waals surface area contributed by atoms with E-state index in [-0.39, 0.29) is 0 Å². The summed E-state index contributed by atoms with van der Waals surface area (Å²) in [6.45, 7) is 6.65. The molecule has 1 fully saturated rings. The van der Waals surface area contributed by atoms with Crippen molar-refractivity contribution in [3.63, 3.8) is 0 Å². The van der Waals surface area contributed by atoms with Gasteiger partial charge in [-0.05, 0) is 58.2 Å². The molecule has 1 unspecified atom stereocenters. The van der Waals surface area contributed by atoms with Gasteiger partial charge in [0.25, 0.3) is 0 Å². The molecule has 0 spiro atoms. The van der Waals surface area contributed by atoms with Crippen molar-refractivity contribution >= 4 is 0 Å². The molecule has 3 heteroatoms. The number of nitrogens with one attached hydrogen (secondary N) is 2. The first-order chi connectivity index (χ1) is 7.33. The van der Waals surface area contributed by atoms with Crippen molar-refractivity contribution in [3.05, 3.63) is 0 Å². The van der Waals surface area contributed by atoms with Crippen molar-refractivity contribution in [2.75, 3.05) is 33.3 Å². The number of rotatable bonds is 7. The Morgan fingerprint density at radius 1 is 1.40 bits per heavy atom. The van der Waals surface area contributed by atoms with Gasteiger partial charge in [0.1, 0.15) is 0 Å². The molecule has 0 bridgehead atoms. The van der Waals surface area contributed by atoms with Crippen molar-refractivity contribution in [2.45, 2.75) is 38.7 Å². The third-order valence-electron chi connectivity index (χ3n) is 3.26. The number of methoxy groups -OCH3 is 1. The molecule has 1 atom stereocenters. The summed E-state index contributed by atoms with van der Waals surface area (Å²) in [4.78, 5) is 0. The predicted molar refractivity (Wildman–Crippen MR) is 64.2 cm³/mol. The number of piperidine rings is 1. The first-order valence-electron chi connectivity index (χ1n) is 6.27. The van der Waals surface area contributed by atoms with Gasteiger partial charge in [-0.15, -0.1) is 0 Å². The van der Waals surface area contributed by atoms with Gasteiger partial charge in [0.2, 0.25) is 0 Å². The van der Waals surface area contributed by atoms with E-state index >= 15 is 0 Å². The highest BCUT2D eigenvalue weighted by atomic mass is 16.5. The van der Waals surface area contributed by atoms with E-state index in [1.54, 1.807) is 7.11 Å². The molecule has 0 aliphatic carbocycles. The SMILES string of the molecule is COC(C)CNCCCC1CCNCC1. The summed E-state index contributed by atoms with van der Waals surface area (Å²) in [5.41, 5.74) is 0. The Bertz CT molecular complexity index is 147. The smallest absolute Gasteiger partial charge is 0.0667 e. The molecule has 0 amide bonds. The van der Waals surface area contributed by atoms with Crippen molar-refractivity contribution < 1.29 is 4.74 Å². The lowest BCUT2D eigenvalue weighted by Crippen LogP contribution is -2.29. The highest BCUT2D eigenvalue weighted by Crippen LogP contribution is 2.16. The van der Waals surface area contributed by atoms with Gasteiger partial charge in [0.05, 0.1) is 6.10 Å². The van der Waals surface area contributed by atoms with Crippen LogP contribution in [0.4, 0.5) is 0 Å². The van der Waals surface area contributed by atoms with Gasteiger partial charge in [-0.2, -0.15) is 0 Å². The standard InChI is InChI=1S/C12H26N2O/c1-11(15-2)10-14-7-3-4-12-5-8-13-9-6-12/h11-14H,3-10H2,1-2H3. The van der Waals surface area contributed by atoms with Gasteiger partial charge in [-0.25, -0.2) is 0 Å². The summed E-state index contributed by atoms with van der Waals surface area (Å²) < 4.78 is 5.18. The minimum absolute atomic E-state index is 0.337. The van der Waals surface area contributed by atoms with Crippen LogP contribution in [0.1, 0.15) is 32.6 Å². The van der Waals surface area contributed by atoms with Gasteiger partial charge >= 0.3 is 0 Å². The van der Waals surface area contributed by atoms with Gasteiger partial charge in [0, 0.05) is 13.7 Å². The second kappa shape index (κ2) is 8.08. The second-order valence-corrected chi connectivity index (χ2v) is 4.59. The van der Waals surface area contributed by atoms with E-state index < -0.39 is 0 Å². The topological polar surface area (TPSA) is 33.3 Å². The lowest BCUT2D eigenvalue weighted by Gasteiger charge is -2.22. The average molecular weight is 214 g/mol. The molecule has 0 saturated carbocycles. The maximum absolute atomic E-state index is 5.18. The lowest BCUT2D eigenvalue weighted by molar-refractivity contribution is 0.117. The summed E-state index contributed by atoms with van der Waals surface area (Å²) >= 11 is 0.